The second-order valence-electron chi connectivity index (χ2n) is 1.14. The molecule has 0 saturated heterocycles. The van der Waals surface area contributed by atoms with Crippen LogP contribution in [0.5, 0.6) is 0 Å². The van der Waals surface area contributed by atoms with Gasteiger partial charge in [-0.15, -0.1) is 0 Å². The van der Waals surface area contributed by atoms with Crippen LogP contribution in [0.2, 0.25) is 0 Å². The molecule has 0 bridgehead atoms. The van der Waals surface area contributed by atoms with Crippen LogP contribution < -0.4 is 0 Å². The van der Waals surface area contributed by atoms with Gasteiger partial charge in [-0.25, -0.2) is 0 Å². The van der Waals surface area contributed by atoms with Gasteiger partial charge in [0.1, 0.15) is 0 Å². The fourth-order valence-electron chi connectivity index (χ4n) is 0.182. The molecule has 0 aliphatic carbocycles. The number of rotatable bonds is 2. The van der Waals surface area contributed by atoms with Gasteiger partial charge in [-0.1, -0.05) is 6.92 Å². The van der Waals surface area contributed by atoms with Crippen molar-refractivity contribution in [3.63, 3.8) is 0 Å². The topological polar surface area (TPSA) is 54.4 Å². The van der Waals surface area contributed by atoms with Crippen LogP contribution in [0.15, 0.2) is 0 Å². The Morgan fingerprint density at radius 2 is 1.67 bits per heavy atom. The van der Waals surface area contributed by atoms with E-state index in [0.29, 0.717) is 0 Å². The summed E-state index contributed by atoms with van der Waals surface area (Å²) in [6.07, 6.45) is 0.221. The molecule has 0 amide bonds. The van der Waals surface area contributed by atoms with Gasteiger partial charge in [0.15, 0.2) is 0 Å². The maximum absolute atomic E-state index is 9.75. The van der Waals surface area contributed by atoms with Crippen LogP contribution in [0.4, 0.5) is 0 Å². The molecule has 6 heteroatoms. The van der Waals surface area contributed by atoms with Crippen molar-refractivity contribution in [2.45, 2.75) is 6.42 Å². The van der Waals surface area contributed by atoms with Gasteiger partial charge in [-0.05, 0) is 6.42 Å². The molecule has 0 fully saturated rings. The minimum atomic E-state index is -3.74. The van der Waals surface area contributed by atoms with Gasteiger partial charge in [-0.2, -0.15) is 8.42 Å². The Morgan fingerprint density at radius 3 is 1.67 bits per heavy atom. The maximum atomic E-state index is 9.75. The van der Waals surface area contributed by atoms with Gasteiger partial charge in [0.25, 0.3) is 10.1 Å². The van der Waals surface area contributed by atoms with E-state index in [1.54, 1.807) is 0 Å². The fourth-order valence-corrected chi connectivity index (χ4v) is 0.547. The Labute approximate surface area is 99.9 Å². The monoisotopic (exact) mass is 171 g/mol. The van der Waals surface area contributed by atoms with Gasteiger partial charge in [0, 0.05) is 0 Å². The number of hydrogen-bond donors (Lipinski definition) is 1. The average molecular weight is 171 g/mol. The Bertz CT molecular complexity index is 130. The Kier molecular flexibility index (Phi) is 15.2. The van der Waals surface area contributed by atoms with Crippen molar-refractivity contribution in [2.75, 3.05) is 5.75 Å². The predicted octanol–water partition coefficient (Wildman–Crippen LogP) is -1.20. The van der Waals surface area contributed by atoms with Crippen LogP contribution in [0.25, 0.3) is 0 Å². The Morgan fingerprint density at radius 1 is 1.33 bits per heavy atom. The summed E-state index contributed by atoms with van der Waals surface area (Å²) in [5.41, 5.74) is 0. The molecule has 0 atom stereocenters. The van der Waals surface area contributed by atoms with Crippen molar-refractivity contribution in [3.8, 4) is 0 Å². The van der Waals surface area contributed by atoms with Crippen molar-refractivity contribution < 1.29 is 13.0 Å². The van der Waals surface area contributed by atoms with Crippen LogP contribution in [0.3, 0.4) is 0 Å². The van der Waals surface area contributed by atoms with Gasteiger partial charge in [0.2, 0.25) is 0 Å². The molecule has 47 valence electrons. The van der Waals surface area contributed by atoms with E-state index in [-0.39, 0.29) is 71.3 Å². The molecule has 0 saturated carbocycles. The summed E-state index contributed by atoms with van der Waals surface area (Å²) >= 11 is 0. The molecule has 1 N–H and O–H groups in total. The summed E-state index contributed by atoms with van der Waals surface area (Å²) < 4.78 is 27.4. The normalized spacial score (nSPS) is 9.11. The summed E-state index contributed by atoms with van der Waals surface area (Å²) in [6, 6.07) is 0. The zero-order valence-corrected chi connectivity index (χ0v) is 4.61. The second-order valence-corrected chi connectivity index (χ2v) is 2.71. The van der Waals surface area contributed by atoms with Crippen LogP contribution in [0.1, 0.15) is 6.42 Å². The van der Waals surface area contributed by atoms with Crippen molar-refractivity contribution >= 4 is 69.2 Å². The van der Waals surface area contributed by atoms with Crippen molar-refractivity contribution in [3.05, 3.63) is 6.92 Å². The van der Waals surface area contributed by atoms with E-state index >= 15 is 0 Å². The molecular formula is C3H9Na2O3S. The molecule has 0 rings (SSSR count). The van der Waals surface area contributed by atoms with E-state index in [1.165, 1.54) is 0 Å². The molecular weight excluding hydrogens is 162 g/mol. The molecule has 0 aliphatic rings. The average Bonchev–Trinajstić information content (AvgIpc) is 1.30. The summed E-state index contributed by atoms with van der Waals surface area (Å²) in [7, 11) is -3.74. The standard InChI is InChI=1S/C3H7O3S.2Na.2H/c1-2-3-7(4,5)6;;;;/h1-3H2,(H,4,5,6);;;;. The minimum absolute atomic E-state index is 0. The van der Waals surface area contributed by atoms with Crippen LogP contribution in [-0.4, -0.2) is 77.8 Å². The second kappa shape index (κ2) is 8.01. The van der Waals surface area contributed by atoms with E-state index in [2.05, 4.69) is 6.92 Å². The third kappa shape index (κ3) is 17.8. The Balaban J connectivity index is -0.000000180. The van der Waals surface area contributed by atoms with E-state index in [0.717, 1.165) is 0 Å². The van der Waals surface area contributed by atoms with Gasteiger partial charge >= 0.3 is 59.1 Å². The van der Waals surface area contributed by atoms with Gasteiger partial charge in [0.05, 0.1) is 5.75 Å². The van der Waals surface area contributed by atoms with Crippen LogP contribution in [0, 0.1) is 6.92 Å². The SMILES string of the molecule is [CH2]CCS(=O)(=O)O.[NaH].[NaH]. The molecule has 0 spiro atoms. The molecule has 9 heavy (non-hydrogen) atoms. The van der Waals surface area contributed by atoms with Crippen molar-refractivity contribution in [1.82, 2.24) is 0 Å². The summed E-state index contributed by atoms with van der Waals surface area (Å²) in [6.45, 7) is 3.23. The van der Waals surface area contributed by atoms with E-state index in [4.69, 9.17) is 4.55 Å². The fraction of sp³-hybridized carbons (Fsp3) is 0.667. The van der Waals surface area contributed by atoms with E-state index in [9.17, 15) is 8.42 Å². The third-order valence-corrected chi connectivity index (χ3v) is 1.21. The molecule has 3 nitrogen and oxygen atoms in total. The first-order valence-electron chi connectivity index (χ1n) is 1.80. The van der Waals surface area contributed by atoms with Crippen LogP contribution >= 0.6 is 0 Å². The zero-order chi connectivity index (χ0) is 5.91. The summed E-state index contributed by atoms with van der Waals surface area (Å²) in [5.74, 6) is -0.243. The van der Waals surface area contributed by atoms with Crippen LogP contribution in [-0.2, 0) is 10.1 Å². The van der Waals surface area contributed by atoms with Gasteiger partial charge in [-0.3, -0.25) is 4.55 Å². The predicted molar refractivity (Wildman–Crippen MR) is 40.7 cm³/mol. The zero-order valence-electron chi connectivity index (χ0n) is 3.79. The first kappa shape index (κ1) is 17.1. The number of hydrogen-bond acceptors (Lipinski definition) is 2. The molecule has 0 aromatic carbocycles. The molecule has 0 aromatic rings. The molecule has 0 heterocycles. The first-order chi connectivity index (χ1) is 3.06. The Hall–Kier alpha value is 1.91. The van der Waals surface area contributed by atoms with E-state index in [1.807, 2.05) is 0 Å². The van der Waals surface area contributed by atoms with Gasteiger partial charge < -0.3 is 0 Å². The van der Waals surface area contributed by atoms with Crippen molar-refractivity contribution in [2.24, 2.45) is 0 Å². The van der Waals surface area contributed by atoms with Crippen molar-refractivity contribution in [1.29, 1.82) is 0 Å². The molecule has 0 unspecified atom stereocenters. The molecule has 1 radical (unpaired) electrons. The molecule has 0 aromatic heterocycles. The van der Waals surface area contributed by atoms with E-state index < -0.39 is 10.1 Å². The third-order valence-electron chi connectivity index (χ3n) is 0.402. The molecule has 0 aliphatic heterocycles. The summed E-state index contributed by atoms with van der Waals surface area (Å²) in [5, 5.41) is 0. The quantitative estimate of drug-likeness (QED) is 0.419. The first-order valence-corrected chi connectivity index (χ1v) is 3.41. The summed E-state index contributed by atoms with van der Waals surface area (Å²) in [4.78, 5) is 0.